The monoisotopic (exact) mass is 322 g/mol. The number of aliphatic hydroxyl groups excluding tert-OH is 1. The molecule has 0 amide bonds. The second-order valence-electron chi connectivity index (χ2n) is 8.20. The van der Waals surface area contributed by atoms with Crippen LogP contribution in [0.3, 0.4) is 0 Å². The lowest BCUT2D eigenvalue weighted by Gasteiger charge is -2.39. The summed E-state index contributed by atoms with van der Waals surface area (Å²) in [6, 6.07) is 2.00. The molecule has 0 radical (unpaired) electrons. The Labute approximate surface area is 140 Å². The first-order chi connectivity index (χ1) is 11.0. The minimum atomic E-state index is -0.196. The van der Waals surface area contributed by atoms with Crippen molar-refractivity contribution < 1.29 is 5.11 Å². The summed E-state index contributed by atoms with van der Waals surface area (Å²) in [5, 5.41) is 17.4. The van der Waals surface area contributed by atoms with Crippen molar-refractivity contribution in [1.82, 2.24) is 15.5 Å². The zero-order valence-electron chi connectivity index (χ0n) is 15.0. The van der Waals surface area contributed by atoms with Gasteiger partial charge in [0.05, 0.1) is 6.10 Å². The van der Waals surface area contributed by atoms with Crippen LogP contribution in [-0.4, -0.2) is 60.3 Å². The zero-order chi connectivity index (χ0) is 16.4. The van der Waals surface area contributed by atoms with Crippen molar-refractivity contribution in [2.45, 2.75) is 83.0 Å². The lowest BCUT2D eigenvalue weighted by molar-refractivity contribution is 0.00395. The minimum absolute atomic E-state index is 0.0289. The Morgan fingerprint density at radius 2 is 2.09 bits per heavy atom. The second-order valence-corrected chi connectivity index (χ2v) is 8.20. The molecule has 4 atom stereocenters. The third-order valence-corrected chi connectivity index (χ3v) is 6.14. The number of hydrogen-bond donors (Lipinski definition) is 3. The van der Waals surface area contributed by atoms with Crippen molar-refractivity contribution in [3.8, 4) is 0 Å². The van der Waals surface area contributed by atoms with Gasteiger partial charge in [0.1, 0.15) is 0 Å². The third-order valence-electron chi connectivity index (χ3n) is 6.14. The lowest BCUT2D eigenvalue weighted by Crippen LogP contribution is -2.50. The fourth-order valence-electron chi connectivity index (χ4n) is 4.34. The summed E-state index contributed by atoms with van der Waals surface area (Å²) >= 11 is 0. The van der Waals surface area contributed by atoms with E-state index in [0.717, 1.165) is 44.4 Å². The smallest absolute Gasteiger partial charge is 0.191 e. The van der Waals surface area contributed by atoms with Gasteiger partial charge in [-0.2, -0.15) is 0 Å². The highest BCUT2D eigenvalue weighted by Crippen LogP contribution is 2.35. The van der Waals surface area contributed by atoms with Crippen LogP contribution in [0, 0.1) is 5.41 Å². The van der Waals surface area contributed by atoms with Crippen molar-refractivity contribution in [2.24, 2.45) is 10.4 Å². The Morgan fingerprint density at radius 3 is 2.74 bits per heavy atom. The van der Waals surface area contributed by atoms with Crippen molar-refractivity contribution in [1.29, 1.82) is 0 Å². The van der Waals surface area contributed by atoms with Gasteiger partial charge >= 0.3 is 0 Å². The Bertz CT molecular complexity index is 437. The van der Waals surface area contributed by atoms with Gasteiger partial charge < -0.3 is 15.7 Å². The summed E-state index contributed by atoms with van der Waals surface area (Å²) < 4.78 is 0. The quantitative estimate of drug-likeness (QED) is 0.545. The molecule has 1 heterocycles. The van der Waals surface area contributed by atoms with Gasteiger partial charge in [-0.15, -0.1) is 0 Å². The van der Waals surface area contributed by atoms with Crippen LogP contribution in [-0.2, 0) is 0 Å². The summed E-state index contributed by atoms with van der Waals surface area (Å²) in [6.45, 7) is 6.47. The Balaban J connectivity index is 1.48. The molecule has 2 saturated carbocycles. The highest BCUT2D eigenvalue weighted by Gasteiger charge is 2.39. The van der Waals surface area contributed by atoms with E-state index < -0.39 is 0 Å². The molecule has 132 valence electrons. The molecule has 1 aliphatic heterocycles. The number of likely N-dealkylation sites (tertiary alicyclic amines) is 1. The van der Waals surface area contributed by atoms with Crippen LogP contribution in [0.5, 0.6) is 0 Å². The second kappa shape index (κ2) is 6.98. The Hall–Kier alpha value is -0.810. The van der Waals surface area contributed by atoms with Gasteiger partial charge in [-0.1, -0.05) is 19.8 Å². The van der Waals surface area contributed by atoms with E-state index in [9.17, 15) is 5.11 Å². The van der Waals surface area contributed by atoms with Gasteiger partial charge in [-0.25, -0.2) is 0 Å². The minimum Gasteiger partial charge on any atom is -0.392 e. The standard InChI is InChI=1S/C18H34N4O/c1-13-10-14(11-22(13)15-7-8-15)21-17(19-3)20-12-18(2)9-5-4-6-16(18)23/h13-16,23H,4-12H2,1-3H3,(H2,19,20,21). The van der Waals surface area contributed by atoms with Crippen LogP contribution in [0.15, 0.2) is 4.99 Å². The van der Waals surface area contributed by atoms with Gasteiger partial charge in [0, 0.05) is 43.7 Å². The summed E-state index contributed by atoms with van der Waals surface area (Å²) in [5.74, 6) is 0.888. The van der Waals surface area contributed by atoms with Gasteiger partial charge in [-0.3, -0.25) is 9.89 Å². The first-order valence-electron chi connectivity index (χ1n) is 9.43. The summed E-state index contributed by atoms with van der Waals surface area (Å²) in [4.78, 5) is 7.05. The maximum atomic E-state index is 10.3. The van der Waals surface area contributed by atoms with Gasteiger partial charge in [0.15, 0.2) is 5.96 Å². The van der Waals surface area contributed by atoms with Crippen molar-refractivity contribution >= 4 is 5.96 Å². The number of hydrogen-bond acceptors (Lipinski definition) is 3. The van der Waals surface area contributed by atoms with E-state index in [-0.39, 0.29) is 11.5 Å². The average Bonchev–Trinajstić information content (AvgIpc) is 3.30. The lowest BCUT2D eigenvalue weighted by atomic mass is 9.73. The van der Waals surface area contributed by atoms with Crippen molar-refractivity contribution in [3.05, 3.63) is 0 Å². The number of guanidine groups is 1. The average molecular weight is 322 g/mol. The van der Waals surface area contributed by atoms with E-state index >= 15 is 0 Å². The van der Waals surface area contributed by atoms with Gasteiger partial charge in [0.25, 0.3) is 0 Å². The van der Waals surface area contributed by atoms with Crippen LogP contribution < -0.4 is 10.6 Å². The van der Waals surface area contributed by atoms with Crippen LogP contribution in [0.2, 0.25) is 0 Å². The molecule has 3 N–H and O–H groups in total. The molecule has 0 bridgehead atoms. The molecule has 23 heavy (non-hydrogen) atoms. The predicted octanol–water partition coefficient (Wildman–Crippen LogP) is 1.72. The molecule has 0 aromatic carbocycles. The molecule has 4 unspecified atom stereocenters. The molecule has 1 saturated heterocycles. The fraction of sp³-hybridized carbons (Fsp3) is 0.944. The number of nitrogens with one attached hydrogen (secondary N) is 2. The largest absolute Gasteiger partial charge is 0.392 e. The normalized spacial score (nSPS) is 39.5. The molecular weight excluding hydrogens is 288 g/mol. The molecule has 3 rings (SSSR count). The Morgan fingerprint density at radius 1 is 1.30 bits per heavy atom. The summed E-state index contributed by atoms with van der Waals surface area (Å²) in [7, 11) is 1.84. The van der Waals surface area contributed by atoms with Crippen molar-refractivity contribution in [3.63, 3.8) is 0 Å². The maximum Gasteiger partial charge on any atom is 0.191 e. The van der Waals surface area contributed by atoms with E-state index in [1.807, 2.05) is 7.05 Å². The molecule has 0 aromatic heterocycles. The first kappa shape index (κ1) is 17.0. The van der Waals surface area contributed by atoms with Gasteiger partial charge in [0.2, 0.25) is 0 Å². The fourth-order valence-corrected chi connectivity index (χ4v) is 4.34. The molecule has 0 aromatic rings. The van der Waals surface area contributed by atoms with E-state index in [4.69, 9.17) is 0 Å². The Kier molecular flexibility index (Phi) is 5.16. The third kappa shape index (κ3) is 4.00. The van der Waals surface area contributed by atoms with E-state index in [2.05, 4.69) is 34.4 Å². The molecule has 5 heteroatoms. The van der Waals surface area contributed by atoms with E-state index in [1.54, 1.807) is 0 Å². The molecular formula is C18H34N4O. The van der Waals surface area contributed by atoms with Gasteiger partial charge in [-0.05, 0) is 39.0 Å². The number of aliphatic hydroxyl groups is 1. The topological polar surface area (TPSA) is 59.9 Å². The van der Waals surface area contributed by atoms with Crippen LogP contribution in [0.1, 0.15) is 58.8 Å². The highest BCUT2D eigenvalue weighted by molar-refractivity contribution is 5.80. The summed E-state index contributed by atoms with van der Waals surface area (Å²) in [6.07, 6.45) is 8.14. The number of aliphatic imine (C=N–C) groups is 1. The first-order valence-corrected chi connectivity index (χ1v) is 9.43. The van der Waals surface area contributed by atoms with E-state index in [1.165, 1.54) is 25.7 Å². The molecule has 2 aliphatic carbocycles. The maximum absolute atomic E-state index is 10.3. The molecule has 3 fully saturated rings. The molecule has 0 spiro atoms. The van der Waals surface area contributed by atoms with Crippen LogP contribution >= 0.6 is 0 Å². The predicted molar refractivity (Wildman–Crippen MR) is 94.7 cm³/mol. The number of rotatable bonds is 4. The highest BCUT2D eigenvalue weighted by atomic mass is 16.3. The van der Waals surface area contributed by atoms with Crippen LogP contribution in [0.4, 0.5) is 0 Å². The van der Waals surface area contributed by atoms with Crippen molar-refractivity contribution in [2.75, 3.05) is 20.1 Å². The molecule has 3 aliphatic rings. The summed E-state index contributed by atoms with van der Waals surface area (Å²) in [5.41, 5.74) is -0.0289. The zero-order valence-corrected chi connectivity index (χ0v) is 15.0. The van der Waals surface area contributed by atoms with E-state index in [0.29, 0.717) is 12.1 Å². The number of nitrogens with zero attached hydrogens (tertiary/aromatic N) is 2. The molecule has 5 nitrogen and oxygen atoms in total. The van der Waals surface area contributed by atoms with Crippen LogP contribution in [0.25, 0.3) is 0 Å². The SMILES string of the molecule is CN=C(NCC1(C)CCCCC1O)NC1CC(C)N(C2CC2)C1.